The van der Waals surface area contributed by atoms with Gasteiger partial charge in [-0.05, 0) is 6.26 Å². The fourth-order valence-electron chi connectivity index (χ4n) is 0. The van der Waals surface area contributed by atoms with Gasteiger partial charge in [-0.25, -0.2) is 0 Å². The minimum absolute atomic E-state index is 1.37. The summed E-state index contributed by atoms with van der Waals surface area (Å²) in [6, 6.07) is 0. The van der Waals surface area contributed by atoms with E-state index in [0.717, 1.165) is 0 Å². The average Bonchev–Trinajstić information content (AvgIpc) is 1.46. The van der Waals surface area contributed by atoms with Gasteiger partial charge in [0.05, 0.1) is 0 Å². The van der Waals surface area contributed by atoms with Crippen molar-refractivity contribution < 1.29 is 0 Å². The summed E-state index contributed by atoms with van der Waals surface area (Å²) in [4.78, 5) is 0. The molecule has 0 spiro atoms. The summed E-state index contributed by atoms with van der Waals surface area (Å²) < 4.78 is 1.39. The molecule has 0 aromatic rings. The van der Waals surface area contributed by atoms with Crippen LogP contribution in [0.15, 0.2) is 0 Å². The van der Waals surface area contributed by atoms with Gasteiger partial charge in [0.1, 0.15) is 0 Å². The van der Waals surface area contributed by atoms with Gasteiger partial charge in [0.25, 0.3) is 0 Å². The predicted octanol–water partition coefficient (Wildman–Crippen LogP) is 1.14. The Morgan fingerprint density at radius 3 is 1.60 bits per heavy atom. The molecule has 0 saturated heterocycles. The zero-order valence-electron chi connectivity index (χ0n) is 4.15. The monoisotopic (exact) mass is 100 g/mol. The van der Waals surface area contributed by atoms with Crippen LogP contribution in [-0.4, -0.2) is 34.2 Å². The van der Waals surface area contributed by atoms with E-state index in [2.05, 4.69) is 19.6 Å². The van der Waals surface area contributed by atoms with Gasteiger partial charge < -0.3 is 0 Å². The van der Waals surface area contributed by atoms with E-state index in [1.165, 1.54) is 31.6 Å². The van der Waals surface area contributed by atoms with Crippen molar-refractivity contribution in [1.29, 1.82) is 0 Å². The van der Waals surface area contributed by atoms with Crippen molar-refractivity contribution in [2.75, 3.05) is 6.26 Å². The fraction of sp³-hybridized carbons (Fsp3) is 1.00. The summed E-state index contributed by atoms with van der Waals surface area (Å²) in [5.74, 6) is 0. The van der Waals surface area contributed by atoms with Crippen molar-refractivity contribution >= 4 is 40.6 Å². The Bertz CT molecular complexity index is 6.85. The second-order valence-electron chi connectivity index (χ2n) is 0.707. The summed E-state index contributed by atoms with van der Waals surface area (Å²) in [5.41, 5.74) is 0. The standard InChI is InChI=1S/C2H5.CH4S.Na/c2*1-2;/h1H2,2H3;2H,1H3;. The first-order chi connectivity index (χ1) is 2.41. The molecule has 0 fully saturated rings. The van der Waals surface area contributed by atoms with Crippen molar-refractivity contribution in [3.8, 4) is 0 Å². The van der Waals surface area contributed by atoms with Crippen LogP contribution in [0.25, 0.3) is 0 Å². The first kappa shape index (κ1) is 9.61. The molecule has 0 aliphatic carbocycles. The third kappa shape index (κ3) is 32.9. The third-order valence-electron chi connectivity index (χ3n) is 0. The van der Waals surface area contributed by atoms with E-state index < -0.39 is 0 Å². The molecule has 0 rings (SSSR count). The molecule has 0 amide bonds. The summed E-state index contributed by atoms with van der Waals surface area (Å²) in [5, 5.41) is 0. The molecule has 0 N–H and O–H groups in total. The molecule has 0 heterocycles. The van der Waals surface area contributed by atoms with Gasteiger partial charge >= 0.3 is 38.5 Å². The first-order valence-electron chi connectivity index (χ1n) is 1.86. The molecule has 28 valence electrons. The van der Waals surface area contributed by atoms with Crippen LogP contribution >= 0.6 is 12.6 Å². The van der Waals surface area contributed by atoms with Crippen molar-refractivity contribution in [1.82, 2.24) is 0 Å². The maximum atomic E-state index is 3.53. The molecule has 0 aromatic heterocycles. The SMILES string of the molecule is CS.C[CH2][Na]. The Hall–Kier alpha value is 1.35. The van der Waals surface area contributed by atoms with Crippen LogP contribution in [0, 0.1) is 0 Å². The second kappa shape index (κ2) is 18.3. The van der Waals surface area contributed by atoms with Crippen molar-refractivity contribution in [3.05, 3.63) is 0 Å². The molecule has 2 heteroatoms. The molecular formula is C3H9NaS. The van der Waals surface area contributed by atoms with Gasteiger partial charge in [0.2, 0.25) is 0 Å². The van der Waals surface area contributed by atoms with E-state index in [0.29, 0.717) is 0 Å². The maximum absolute atomic E-state index is 3.53. The number of rotatable bonds is 0. The van der Waals surface area contributed by atoms with Gasteiger partial charge in [0.15, 0.2) is 0 Å². The summed E-state index contributed by atoms with van der Waals surface area (Å²) >= 11 is 4.90. The number of hydrogen-bond donors (Lipinski definition) is 1. The zero-order valence-corrected chi connectivity index (χ0v) is 7.05. The van der Waals surface area contributed by atoms with Gasteiger partial charge in [0, 0.05) is 0 Å². The van der Waals surface area contributed by atoms with Crippen LogP contribution in [0.4, 0.5) is 0 Å². The number of thiol groups is 1. The van der Waals surface area contributed by atoms with E-state index in [1.54, 1.807) is 6.26 Å². The second-order valence-corrected chi connectivity index (χ2v) is 2.12. The Morgan fingerprint density at radius 2 is 1.60 bits per heavy atom. The molecule has 5 heavy (non-hydrogen) atoms. The van der Waals surface area contributed by atoms with E-state index in [1.807, 2.05) is 0 Å². The Kier molecular flexibility index (Phi) is 35.2. The normalized spacial score (nSPS) is 5.00. The molecule has 0 aromatic carbocycles. The summed E-state index contributed by atoms with van der Waals surface area (Å²) in [6.07, 6.45) is 1.69. The minimum atomic E-state index is 1.37. The van der Waals surface area contributed by atoms with Crippen molar-refractivity contribution in [2.45, 2.75) is 10.6 Å². The Labute approximate surface area is 57.2 Å². The predicted molar refractivity (Wildman–Crippen MR) is 31.1 cm³/mol. The quantitative estimate of drug-likeness (QED) is 0.342. The van der Waals surface area contributed by atoms with E-state index in [4.69, 9.17) is 0 Å². The van der Waals surface area contributed by atoms with Crippen LogP contribution in [0.2, 0.25) is 3.67 Å². The zero-order chi connectivity index (χ0) is 4.71. The van der Waals surface area contributed by atoms with Crippen molar-refractivity contribution in [2.24, 2.45) is 0 Å². The first-order valence-corrected chi connectivity index (χ1v) is 4.17. The van der Waals surface area contributed by atoms with Crippen LogP contribution < -0.4 is 0 Å². The summed E-state index contributed by atoms with van der Waals surface area (Å²) in [6.45, 7) is 2.19. The summed E-state index contributed by atoms with van der Waals surface area (Å²) in [7, 11) is 0. The molecule has 0 aliphatic rings. The Morgan fingerprint density at radius 1 is 1.60 bits per heavy atom. The van der Waals surface area contributed by atoms with Gasteiger partial charge in [-0.1, -0.05) is 0 Å². The molecular weight excluding hydrogens is 91.1 g/mol. The molecule has 0 aliphatic heterocycles. The Balaban J connectivity index is 0. The molecule has 0 unspecified atom stereocenters. The average molecular weight is 100 g/mol. The fourth-order valence-corrected chi connectivity index (χ4v) is 0. The third-order valence-corrected chi connectivity index (χ3v) is 0. The van der Waals surface area contributed by atoms with E-state index in [-0.39, 0.29) is 0 Å². The molecule has 0 saturated carbocycles. The van der Waals surface area contributed by atoms with Gasteiger partial charge in [-0.3, -0.25) is 0 Å². The van der Waals surface area contributed by atoms with E-state index in [9.17, 15) is 0 Å². The molecule has 0 nitrogen and oxygen atoms in total. The number of hydrogen-bond acceptors (Lipinski definition) is 1. The van der Waals surface area contributed by atoms with Crippen LogP contribution in [-0.2, 0) is 0 Å². The topological polar surface area (TPSA) is 0 Å². The van der Waals surface area contributed by atoms with Crippen LogP contribution in [0.3, 0.4) is 0 Å². The van der Waals surface area contributed by atoms with Crippen LogP contribution in [0.1, 0.15) is 6.92 Å². The van der Waals surface area contributed by atoms with Gasteiger partial charge in [-0.15, -0.1) is 0 Å². The molecule has 0 atom stereocenters. The molecule has 0 bridgehead atoms. The molecule has 0 radical (unpaired) electrons. The van der Waals surface area contributed by atoms with Gasteiger partial charge in [-0.2, -0.15) is 12.6 Å². The van der Waals surface area contributed by atoms with Crippen LogP contribution in [0.5, 0.6) is 0 Å². The van der Waals surface area contributed by atoms with E-state index >= 15 is 0 Å². The van der Waals surface area contributed by atoms with Crippen molar-refractivity contribution in [3.63, 3.8) is 0 Å².